The molecule has 0 aliphatic rings. The van der Waals surface area contributed by atoms with Gasteiger partial charge in [0, 0.05) is 37.8 Å². The predicted molar refractivity (Wildman–Crippen MR) is 114 cm³/mol. The molecule has 0 fully saturated rings. The second-order valence-electron chi connectivity index (χ2n) is 8.09. The van der Waals surface area contributed by atoms with E-state index in [-0.39, 0.29) is 17.9 Å². The van der Waals surface area contributed by atoms with Gasteiger partial charge >= 0.3 is 0 Å². The molecule has 1 rings (SSSR count). The molecule has 0 radical (unpaired) electrons. The molecule has 1 aromatic carbocycles. The van der Waals surface area contributed by atoms with Crippen LogP contribution in [-0.2, 0) is 15.9 Å². The number of rotatable bonds is 17. The van der Waals surface area contributed by atoms with Crippen LogP contribution in [0.5, 0.6) is 0 Å². The van der Waals surface area contributed by atoms with Crippen LogP contribution in [0.15, 0.2) is 12.1 Å². The van der Waals surface area contributed by atoms with Crippen LogP contribution in [0.25, 0.3) is 0 Å². The number of aliphatic hydroxyl groups is 1. The minimum Gasteiger partial charge on any atom is -0.343 e. The predicted octanol–water partition coefficient (Wildman–Crippen LogP) is 6.90. The summed E-state index contributed by atoms with van der Waals surface area (Å²) < 4.78 is 50.8. The third-order valence-corrected chi connectivity index (χ3v) is 5.84. The molecule has 0 heterocycles. The molecular formula is C24H39F3O3. The fourth-order valence-corrected chi connectivity index (χ4v) is 3.95. The van der Waals surface area contributed by atoms with Gasteiger partial charge in [-0.1, -0.05) is 64.7 Å². The molecule has 3 nitrogen and oxygen atoms in total. The Kier molecular flexibility index (Phi) is 13.3. The SMILES string of the molecule is CCCCCCCCC(CCCCCCc1c(F)cc(F)cc1F)C(O)(OC)OC. The summed E-state index contributed by atoms with van der Waals surface area (Å²) in [5, 5.41) is 10.6. The third-order valence-electron chi connectivity index (χ3n) is 5.84. The molecule has 1 atom stereocenters. The number of halogens is 3. The standard InChI is InChI=1S/C24H39F3O3/c1-4-5-6-7-8-11-14-19(24(28,29-2)30-3)15-12-9-10-13-16-21-22(26)17-20(25)18-23(21)27/h17-19,28H,4-16H2,1-3H3. The second kappa shape index (κ2) is 14.8. The first-order chi connectivity index (χ1) is 14.4. The highest BCUT2D eigenvalue weighted by atomic mass is 19.1. The lowest BCUT2D eigenvalue weighted by Gasteiger charge is -2.33. The Balaban J connectivity index is 2.38. The summed E-state index contributed by atoms with van der Waals surface area (Å²) in [6.07, 6.45) is 12.1. The lowest BCUT2D eigenvalue weighted by molar-refractivity contribution is -0.369. The van der Waals surface area contributed by atoms with Crippen molar-refractivity contribution in [1.29, 1.82) is 0 Å². The largest absolute Gasteiger partial charge is 0.343 e. The van der Waals surface area contributed by atoms with E-state index < -0.39 is 23.4 Å². The highest BCUT2D eigenvalue weighted by Crippen LogP contribution is 2.30. The van der Waals surface area contributed by atoms with Crippen molar-refractivity contribution in [2.75, 3.05) is 14.2 Å². The number of hydrogen-bond donors (Lipinski definition) is 1. The number of methoxy groups -OCH3 is 2. The molecule has 0 aromatic heterocycles. The van der Waals surface area contributed by atoms with E-state index in [4.69, 9.17) is 9.47 Å². The fourth-order valence-electron chi connectivity index (χ4n) is 3.95. The Bertz CT molecular complexity index is 568. The van der Waals surface area contributed by atoms with E-state index in [1.165, 1.54) is 39.9 Å². The molecule has 1 aromatic rings. The van der Waals surface area contributed by atoms with Crippen molar-refractivity contribution in [3.05, 3.63) is 35.1 Å². The van der Waals surface area contributed by atoms with Crippen molar-refractivity contribution >= 4 is 0 Å². The average molecular weight is 433 g/mol. The fraction of sp³-hybridized carbons (Fsp3) is 0.750. The van der Waals surface area contributed by atoms with Crippen LogP contribution < -0.4 is 0 Å². The van der Waals surface area contributed by atoms with Crippen LogP contribution in [-0.4, -0.2) is 25.3 Å². The molecule has 0 bridgehead atoms. The quantitative estimate of drug-likeness (QED) is 0.215. The maximum Gasteiger partial charge on any atom is 0.282 e. The molecule has 0 aliphatic heterocycles. The van der Waals surface area contributed by atoms with Crippen LogP contribution in [0, 0.1) is 23.4 Å². The van der Waals surface area contributed by atoms with Crippen LogP contribution >= 0.6 is 0 Å². The molecule has 174 valence electrons. The van der Waals surface area contributed by atoms with Crippen LogP contribution in [0.4, 0.5) is 13.2 Å². The van der Waals surface area contributed by atoms with Crippen molar-refractivity contribution < 1.29 is 27.8 Å². The molecule has 1 N–H and O–H groups in total. The molecule has 0 aliphatic carbocycles. The first-order valence-electron chi connectivity index (χ1n) is 11.3. The molecule has 6 heteroatoms. The minimum absolute atomic E-state index is 0.0505. The van der Waals surface area contributed by atoms with E-state index in [1.54, 1.807) is 0 Å². The summed E-state index contributed by atoms with van der Waals surface area (Å²) in [6, 6.07) is 1.45. The van der Waals surface area contributed by atoms with Gasteiger partial charge in [-0.2, -0.15) is 0 Å². The Morgan fingerprint density at radius 3 is 1.77 bits per heavy atom. The van der Waals surface area contributed by atoms with E-state index >= 15 is 0 Å². The lowest BCUT2D eigenvalue weighted by Crippen LogP contribution is -2.42. The van der Waals surface area contributed by atoms with Gasteiger partial charge in [0.15, 0.2) is 0 Å². The zero-order chi connectivity index (χ0) is 22.4. The summed E-state index contributed by atoms with van der Waals surface area (Å²) in [7, 11) is 2.90. The van der Waals surface area contributed by atoms with Crippen LogP contribution in [0.3, 0.4) is 0 Å². The molecule has 0 spiro atoms. The summed E-state index contributed by atoms with van der Waals surface area (Å²) in [4.78, 5) is 0. The Morgan fingerprint density at radius 1 is 0.800 bits per heavy atom. The summed E-state index contributed by atoms with van der Waals surface area (Å²) in [5.41, 5.74) is -0.0505. The topological polar surface area (TPSA) is 38.7 Å². The van der Waals surface area contributed by atoms with Gasteiger partial charge in [0.2, 0.25) is 0 Å². The van der Waals surface area contributed by atoms with Gasteiger partial charge in [-0.25, -0.2) is 13.2 Å². The smallest absolute Gasteiger partial charge is 0.282 e. The minimum atomic E-state index is -1.58. The summed E-state index contributed by atoms with van der Waals surface area (Å²) in [6.45, 7) is 2.19. The van der Waals surface area contributed by atoms with E-state index in [1.807, 2.05) is 0 Å². The van der Waals surface area contributed by atoms with Crippen molar-refractivity contribution in [2.24, 2.45) is 5.92 Å². The molecular weight excluding hydrogens is 393 g/mol. The maximum atomic E-state index is 13.7. The second-order valence-corrected chi connectivity index (χ2v) is 8.09. The normalized spacial score (nSPS) is 13.0. The Morgan fingerprint density at radius 2 is 1.27 bits per heavy atom. The Labute approximate surface area is 180 Å². The van der Waals surface area contributed by atoms with Crippen molar-refractivity contribution in [1.82, 2.24) is 0 Å². The van der Waals surface area contributed by atoms with Gasteiger partial charge in [-0.3, -0.25) is 0 Å². The first-order valence-corrected chi connectivity index (χ1v) is 11.3. The van der Waals surface area contributed by atoms with Crippen LogP contribution in [0.1, 0.15) is 89.5 Å². The van der Waals surface area contributed by atoms with Gasteiger partial charge in [0.25, 0.3) is 5.97 Å². The number of unbranched alkanes of at least 4 members (excludes halogenated alkanes) is 8. The molecule has 0 saturated heterocycles. The molecule has 0 amide bonds. The van der Waals surface area contributed by atoms with Crippen molar-refractivity contribution in [3.8, 4) is 0 Å². The van der Waals surface area contributed by atoms with E-state index in [2.05, 4.69) is 6.92 Å². The molecule has 0 saturated carbocycles. The number of hydrogen-bond acceptors (Lipinski definition) is 3. The lowest BCUT2D eigenvalue weighted by atomic mass is 9.91. The van der Waals surface area contributed by atoms with Gasteiger partial charge in [0.05, 0.1) is 0 Å². The third kappa shape index (κ3) is 9.36. The molecule has 30 heavy (non-hydrogen) atoms. The van der Waals surface area contributed by atoms with Crippen LogP contribution in [0.2, 0.25) is 0 Å². The van der Waals surface area contributed by atoms with E-state index in [0.29, 0.717) is 6.42 Å². The molecule has 1 unspecified atom stereocenters. The van der Waals surface area contributed by atoms with Crippen molar-refractivity contribution in [3.63, 3.8) is 0 Å². The number of benzene rings is 1. The average Bonchev–Trinajstić information content (AvgIpc) is 2.72. The number of ether oxygens (including phenoxy) is 2. The highest BCUT2D eigenvalue weighted by Gasteiger charge is 2.36. The van der Waals surface area contributed by atoms with Gasteiger partial charge < -0.3 is 14.6 Å². The monoisotopic (exact) mass is 432 g/mol. The van der Waals surface area contributed by atoms with Gasteiger partial charge in [-0.15, -0.1) is 0 Å². The maximum absolute atomic E-state index is 13.7. The van der Waals surface area contributed by atoms with Crippen molar-refractivity contribution in [2.45, 2.75) is 96.4 Å². The summed E-state index contributed by atoms with van der Waals surface area (Å²) >= 11 is 0. The van der Waals surface area contributed by atoms with E-state index in [0.717, 1.165) is 57.1 Å². The van der Waals surface area contributed by atoms with Gasteiger partial charge in [0.1, 0.15) is 17.5 Å². The first kappa shape index (κ1) is 26.9. The zero-order valence-electron chi connectivity index (χ0n) is 18.8. The Hall–Kier alpha value is -1.11. The highest BCUT2D eigenvalue weighted by molar-refractivity contribution is 5.20. The summed E-state index contributed by atoms with van der Waals surface area (Å²) in [5.74, 6) is -4.24. The van der Waals surface area contributed by atoms with Gasteiger partial charge in [-0.05, 0) is 25.7 Å². The van der Waals surface area contributed by atoms with E-state index in [9.17, 15) is 18.3 Å². The zero-order valence-corrected chi connectivity index (χ0v) is 18.8.